The van der Waals surface area contributed by atoms with Gasteiger partial charge in [0, 0.05) is 6.54 Å². The molecule has 0 heterocycles. The van der Waals surface area contributed by atoms with Crippen LogP contribution in [-0.4, -0.2) is 48.6 Å². The maximum atomic E-state index is 12.0. The second-order valence-electron chi connectivity index (χ2n) is 2.63. The maximum Gasteiger partial charge on any atom is 0.410 e. The third-order valence-electron chi connectivity index (χ3n) is 1.32. The van der Waals surface area contributed by atoms with E-state index in [1.807, 2.05) is 0 Å². The zero-order chi connectivity index (χ0) is 11.9. The molecule has 0 saturated heterocycles. The van der Waals surface area contributed by atoms with Crippen LogP contribution in [0.4, 0.5) is 18.0 Å². The molecular weight excluding hydrogens is 215 g/mol. The molecule has 0 atom stereocenters. The normalized spacial score (nSPS) is 10.9. The molecule has 0 aromatic carbocycles. The number of rotatable bonds is 5. The van der Waals surface area contributed by atoms with E-state index < -0.39 is 32.0 Å². The first kappa shape index (κ1) is 13.8. The maximum absolute atomic E-state index is 12.0. The Morgan fingerprint density at radius 1 is 1.53 bits per heavy atom. The molecule has 0 aliphatic carbocycles. The number of amides is 1. The zero-order valence-electron chi connectivity index (χ0n) is 7.96. The lowest BCUT2D eigenvalue weighted by Crippen LogP contribution is -2.41. The van der Waals surface area contributed by atoms with Crippen molar-refractivity contribution >= 4 is 6.09 Å². The van der Waals surface area contributed by atoms with Gasteiger partial charge in [-0.15, -0.1) is 0 Å². The Labute approximate surface area is 84.9 Å². The Morgan fingerprint density at radius 2 is 2.13 bits per heavy atom. The standard InChI is InChI=1S/C8H12F3NO3/c1-2-5-15-7(14)12(3-4-13)6-8(9,10)11/h2,13H,1,3-6H2. The van der Waals surface area contributed by atoms with E-state index in [9.17, 15) is 18.0 Å². The van der Waals surface area contributed by atoms with Crippen LogP contribution in [0.2, 0.25) is 0 Å². The van der Waals surface area contributed by atoms with Crippen molar-refractivity contribution in [3.05, 3.63) is 12.7 Å². The molecule has 1 amide bonds. The van der Waals surface area contributed by atoms with Crippen LogP contribution in [0, 0.1) is 0 Å². The quantitative estimate of drug-likeness (QED) is 0.717. The van der Waals surface area contributed by atoms with Crippen molar-refractivity contribution in [1.29, 1.82) is 0 Å². The van der Waals surface area contributed by atoms with Crippen molar-refractivity contribution in [1.82, 2.24) is 4.90 Å². The van der Waals surface area contributed by atoms with E-state index in [1.54, 1.807) is 0 Å². The fraction of sp³-hybridized carbons (Fsp3) is 0.625. The van der Waals surface area contributed by atoms with Crippen molar-refractivity contribution in [2.24, 2.45) is 0 Å². The van der Waals surface area contributed by atoms with E-state index in [4.69, 9.17) is 5.11 Å². The van der Waals surface area contributed by atoms with Crippen molar-refractivity contribution in [3.8, 4) is 0 Å². The molecule has 0 saturated carbocycles. The van der Waals surface area contributed by atoms with Crippen LogP contribution in [-0.2, 0) is 4.74 Å². The summed E-state index contributed by atoms with van der Waals surface area (Å²) >= 11 is 0. The molecule has 0 aliphatic heterocycles. The molecule has 0 aromatic heterocycles. The minimum Gasteiger partial charge on any atom is -0.445 e. The van der Waals surface area contributed by atoms with Gasteiger partial charge in [-0.05, 0) is 0 Å². The molecule has 0 aliphatic rings. The number of ether oxygens (including phenoxy) is 1. The molecular formula is C8H12F3NO3. The molecule has 1 N–H and O–H groups in total. The van der Waals surface area contributed by atoms with E-state index in [0.717, 1.165) is 0 Å². The van der Waals surface area contributed by atoms with E-state index in [-0.39, 0.29) is 6.61 Å². The molecule has 4 nitrogen and oxygen atoms in total. The van der Waals surface area contributed by atoms with Crippen LogP contribution in [0.1, 0.15) is 0 Å². The van der Waals surface area contributed by atoms with Gasteiger partial charge in [0.15, 0.2) is 0 Å². The third kappa shape index (κ3) is 6.78. The molecule has 0 radical (unpaired) electrons. The minimum atomic E-state index is -4.51. The fourth-order valence-electron chi connectivity index (χ4n) is 0.794. The Hall–Kier alpha value is -1.24. The summed E-state index contributed by atoms with van der Waals surface area (Å²) in [5.74, 6) is 0. The number of nitrogens with zero attached hydrogens (tertiary/aromatic N) is 1. The van der Waals surface area contributed by atoms with Gasteiger partial charge in [-0.25, -0.2) is 4.79 Å². The van der Waals surface area contributed by atoms with Crippen molar-refractivity contribution in [2.45, 2.75) is 6.18 Å². The molecule has 0 rings (SSSR count). The number of halogens is 3. The monoisotopic (exact) mass is 227 g/mol. The summed E-state index contributed by atoms with van der Waals surface area (Å²) in [4.78, 5) is 11.4. The SMILES string of the molecule is C=CCOC(=O)N(CCO)CC(F)(F)F. The third-order valence-corrected chi connectivity index (χ3v) is 1.32. The van der Waals surface area contributed by atoms with Gasteiger partial charge < -0.3 is 9.84 Å². The largest absolute Gasteiger partial charge is 0.445 e. The lowest BCUT2D eigenvalue weighted by Gasteiger charge is -2.21. The number of hydrogen-bond donors (Lipinski definition) is 1. The molecule has 0 bridgehead atoms. The fourth-order valence-corrected chi connectivity index (χ4v) is 0.794. The summed E-state index contributed by atoms with van der Waals surface area (Å²) in [6, 6.07) is 0. The molecule has 88 valence electrons. The van der Waals surface area contributed by atoms with Crippen LogP contribution in [0.15, 0.2) is 12.7 Å². The predicted octanol–water partition coefficient (Wildman–Crippen LogP) is 1.17. The van der Waals surface area contributed by atoms with Crippen LogP contribution < -0.4 is 0 Å². The first-order chi connectivity index (χ1) is 6.90. The van der Waals surface area contributed by atoms with Crippen LogP contribution in [0.5, 0.6) is 0 Å². The molecule has 0 unspecified atom stereocenters. The first-order valence-corrected chi connectivity index (χ1v) is 4.11. The molecule has 0 fully saturated rings. The summed E-state index contributed by atoms with van der Waals surface area (Å²) < 4.78 is 40.3. The summed E-state index contributed by atoms with van der Waals surface area (Å²) in [6.07, 6.45) is -4.40. The summed E-state index contributed by atoms with van der Waals surface area (Å²) in [5, 5.41) is 8.47. The Morgan fingerprint density at radius 3 is 2.53 bits per heavy atom. The van der Waals surface area contributed by atoms with Gasteiger partial charge in [0.1, 0.15) is 13.2 Å². The van der Waals surface area contributed by atoms with Crippen molar-refractivity contribution in [3.63, 3.8) is 0 Å². The summed E-state index contributed by atoms with van der Waals surface area (Å²) in [5.41, 5.74) is 0. The highest BCUT2D eigenvalue weighted by molar-refractivity contribution is 5.67. The lowest BCUT2D eigenvalue weighted by molar-refractivity contribution is -0.143. The number of hydrogen-bond acceptors (Lipinski definition) is 3. The number of aliphatic hydroxyl groups is 1. The van der Waals surface area contributed by atoms with Gasteiger partial charge in [0.05, 0.1) is 6.61 Å². The average molecular weight is 227 g/mol. The number of alkyl halides is 3. The van der Waals surface area contributed by atoms with E-state index >= 15 is 0 Å². The zero-order valence-corrected chi connectivity index (χ0v) is 7.96. The van der Waals surface area contributed by atoms with E-state index in [0.29, 0.717) is 4.90 Å². The van der Waals surface area contributed by atoms with Gasteiger partial charge in [0.25, 0.3) is 0 Å². The smallest absolute Gasteiger partial charge is 0.410 e. The number of carbonyl (C=O) groups excluding carboxylic acids is 1. The average Bonchev–Trinajstić information content (AvgIpc) is 2.11. The second-order valence-corrected chi connectivity index (χ2v) is 2.63. The second kappa shape index (κ2) is 6.28. The molecule has 0 aromatic rings. The van der Waals surface area contributed by atoms with Crippen LogP contribution >= 0.6 is 0 Å². The van der Waals surface area contributed by atoms with E-state index in [1.165, 1.54) is 6.08 Å². The van der Waals surface area contributed by atoms with Gasteiger partial charge in [-0.1, -0.05) is 12.7 Å². The van der Waals surface area contributed by atoms with Gasteiger partial charge in [-0.3, -0.25) is 4.90 Å². The van der Waals surface area contributed by atoms with Crippen LogP contribution in [0.3, 0.4) is 0 Å². The topological polar surface area (TPSA) is 49.8 Å². The number of aliphatic hydroxyl groups excluding tert-OH is 1. The van der Waals surface area contributed by atoms with E-state index in [2.05, 4.69) is 11.3 Å². The predicted molar refractivity (Wildman–Crippen MR) is 46.3 cm³/mol. The Kier molecular flexibility index (Phi) is 5.76. The van der Waals surface area contributed by atoms with Gasteiger partial charge >= 0.3 is 12.3 Å². The summed E-state index contributed by atoms with van der Waals surface area (Å²) in [6.45, 7) is 0.659. The van der Waals surface area contributed by atoms with Gasteiger partial charge in [0.2, 0.25) is 0 Å². The van der Waals surface area contributed by atoms with Gasteiger partial charge in [-0.2, -0.15) is 13.2 Å². The highest BCUT2D eigenvalue weighted by Crippen LogP contribution is 2.16. The summed E-state index contributed by atoms with van der Waals surface area (Å²) in [7, 11) is 0. The minimum absolute atomic E-state index is 0.168. The molecule has 15 heavy (non-hydrogen) atoms. The van der Waals surface area contributed by atoms with Crippen molar-refractivity contribution in [2.75, 3.05) is 26.3 Å². The number of carbonyl (C=O) groups is 1. The highest BCUT2D eigenvalue weighted by atomic mass is 19.4. The highest BCUT2D eigenvalue weighted by Gasteiger charge is 2.33. The first-order valence-electron chi connectivity index (χ1n) is 4.11. The lowest BCUT2D eigenvalue weighted by atomic mass is 10.5. The molecule has 7 heteroatoms. The van der Waals surface area contributed by atoms with Crippen LogP contribution in [0.25, 0.3) is 0 Å². The van der Waals surface area contributed by atoms with Crippen molar-refractivity contribution < 1.29 is 27.8 Å². The Bertz CT molecular complexity index is 218. The Balaban J connectivity index is 4.24. The molecule has 0 spiro atoms.